The van der Waals surface area contributed by atoms with Crippen molar-refractivity contribution in [3.63, 3.8) is 0 Å². The Labute approximate surface area is 108 Å². The molecular weight excluding hydrogens is 260 g/mol. The van der Waals surface area contributed by atoms with Crippen molar-refractivity contribution in [2.45, 2.75) is 18.6 Å². The minimum absolute atomic E-state index is 0.139. The van der Waals surface area contributed by atoms with Gasteiger partial charge in [0.25, 0.3) is 0 Å². The molecule has 1 amide bonds. The summed E-state index contributed by atoms with van der Waals surface area (Å²) in [5.41, 5.74) is 0. The van der Waals surface area contributed by atoms with Crippen molar-refractivity contribution in [2.24, 2.45) is 0 Å². The summed E-state index contributed by atoms with van der Waals surface area (Å²) < 4.78 is 0. The molecule has 98 valence electrons. The molecule has 1 aromatic rings. The number of carboxylic acid groups (broad SMARTS) is 1. The summed E-state index contributed by atoms with van der Waals surface area (Å²) in [6, 6.07) is 3.05. The molecule has 0 unspecified atom stereocenters. The van der Waals surface area contributed by atoms with Gasteiger partial charge in [-0.2, -0.15) is 0 Å². The summed E-state index contributed by atoms with van der Waals surface area (Å²) in [5.74, 6) is 0.504. The summed E-state index contributed by atoms with van der Waals surface area (Å²) in [6.45, 7) is 0.441. The molecule has 1 fully saturated rings. The standard InChI is InChI=1S/C10H13ClN4O3/c11-8-1-2-9(14-13-8)12-6-3-7(16)5-15(4-6)10(17)18/h1-2,6-7,16H,3-5H2,(H,12,14)(H,17,18)/t6-,7+/m1/s1. The molecule has 2 rings (SSSR count). The van der Waals surface area contributed by atoms with E-state index in [2.05, 4.69) is 15.5 Å². The Balaban J connectivity index is 2.00. The summed E-state index contributed by atoms with van der Waals surface area (Å²) >= 11 is 5.61. The summed E-state index contributed by atoms with van der Waals surface area (Å²) in [4.78, 5) is 12.1. The van der Waals surface area contributed by atoms with Gasteiger partial charge in [-0.3, -0.25) is 0 Å². The molecule has 1 aromatic heterocycles. The molecule has 3 N–H and O–H groups in total. The SMILES string of the molecule is O=C(O)N1C[C@@H](O)C[C@@H](Nc2ccc(Cl)nn2)C1. The number of piperidine rings is 1. The smallest absolute Gasteiger partial charge is 0.407 e. The molecule has 0 aliphatic carbocycles. The third-order valence-corrected chi connectivity index (χ3v) is 2.88. The van der Waals surface area contributed by atoms with E-state index in [-0.39, 0.29) is 17.7 Å². The number of amides is 1. The van der Waals surface area contributed by atoms with Crippen LogP contribution in [0.2, 0.25) is 5.15 Å². The second-order valence-corrected chi connectivity index (χ2v) is 4.55. The molecule has 18 heavy (non-hydrogen) atoms. The molecular formula is C10H13ClN4O3. The van der Waals surface area contributed by atoms with E-state index in [1.165, 1.54) is 4.90 Å². The Morgan fingerprint density at radius 1 is 1.44 bits per heavy atom. The Morgan fingerprint density at radius 2 is 2.22 bits per heavy atom. The molecule has 2 heterocycles. The van der Waals surface area contributed by atoms with Gasteiger partial charge < -0.3 is 20.4 Å². The molecule has 2 atom stereocenters. The third kappa shape index (κ3) is 3.21. The fourth-order valence-corrected chi connectivity index (χ4v) is 2.04. The number of nitrogens with one attached hydrogen (secondary N) is 1. The van der Waals surface area contributed by atoms with Gasteiger partial charge in [-0.15, -0.1) is 10.2 Å². The highest BCUT2D eigenvalue weighted by molar-refractivity contribution is 6.29. The van der Waals surface area contributed by atoms with E-state index < -0.39 is 12.2 Å². The monoisotopic (exact) mass is 272 g/mol. The number of nitrogens with zero attached hydrogens (tertiary/aromatic N) is 3. The lowest BCUT2D eigenvalue weighted by molar-refractivity contribution is 0.0607. The predicted molar refractivity (Wildman–Crippen MR) is 64.7 cm³/mol. The van der Waals surface area contributed by atoms with Crippen LogP contribution in [0.5, 0.6) is 0 Å². The van der Waals surface area contributed by atoms with Crippen LogP contribution >= 0.6 is 11.6 Å². The van der Waals surface area contributed by atoms with Crippen LogP contribution in [0.15, 0.2) is 12.1 Å². The highest BCUT2D eigenvalue weighted by Crippen LogP contribution is 2.15. The molecule has 1 aliphatic rings. The maximum atomic E-state index is 10.9. The van der Waals surface area contributed by atoms with Crippen LogP contribution in [0.1, 0.15) is 6.42 Å². The van der Waals surface area contributed by atoms with Crippen molar-refractivity contribution >= 4 is 23.5 Å². The van der Waals surface area contributed by atoms with Crippen molar-refractivity contribution in [1.82, 2.24) is 15.1 Å². The van der Waals surface area contributed by atoms with Crippen LogP contribution < -0.4 is 5.32 Å². The molecule has 0 aromatic carbocycles. The highest BCUT2D eigenvalue weighted by Gasteiger charge is 2.28. The molecule has 0 spiro atoms. The number of anilines is 1. The lowest BCUT2D eigenvalue weighted by atomic mass is 10.0. The number of aliphatic hydroxyl groups excluding tert-OH is 1. The topological polar surface area (TPSA) is 98.6 Å². The van der Waals surface area contributed by atoms with Gasteiger partial charge in [0.15, 0.2) is 5.15 Å². The van der Waals surface area contributed by atoms with Crippen LogP contribution in [0.4, 0.5) is 10.6 Å². The molecule has 0 saturated carbocycles. The van der Waals surface area contributed by atoms with Crippen molar-refractivity contribution < 1.29 is 15.0 Å². The lowest BCUT2D eigenvalue weighted by Crippen LogP contribution is -2.50. The Hall–Kier alpha value is -1.60. The summed E-state index contributed by atoms with van der Waals surface area (Å²) in [5, 5.41) is 29.4. The van der Waals surface area contributed by atoms with Crippen molar-refractivity contribution in [2.75, 3.05) is 18.4 Å². The zero-order valence-corrected chi connectivity index (χ0v) is 10.2. The first kappa shape index (κ1) is 12.8. The number of aliphatic hydroxyl groups is 1. The highest BCUT2D eigenvalue weighted by atomic mass is 35.5. The average molecular weight is 273 g/mol. The molecule has 0 bridgehead atoms. The van der Waals surface area contributed by atoms with Gasteiger partial charge in [-0.1, -0.05) is 11.6 Å². The van der Waals surface area contributed by atoms with E-state index in [0.717, 1.165) is 0 Å². The maximum absolute atomic E-state index is 10.9. The van der Waals surface area contributed by atoms with Crippen molar-refractivity contribution in [1.29, 1.82) is 0 Å². The van der Waals surface area contributed by atoms with Crippen LogP contribution in [0, 0.1) is 0 Å². The lowest BCUT2D eigenvalue weighted by Gasteiger charge is -2.34. The molecule has 0 radical (unpaired) electrons. The number of halogens is 1. The van der Waals surface area contributed by atoms with Gasteiger partial charge in [0.2, 0.25) is 0 Å². The Morgan fingerprint density at radius 3 is 2.83 bits per heavy atom. The van der Waals surface area contributed by atoms with E-state index in [4.69, 9.17) is 16.7 Å². The van der Waals surface area contributed by atoms with Gasteiger partial charge in [0.05, 0.1) is 12.6 Å². The van der Waals surface area contributed by atoms with Crippen molar-refractivity contribution in [3.8, 4) is 0 Å². The second kappa shape index (κ2) is 5.36. The van der Waals surface area contributed by atoms with Crippen LogP contribution in [0.25, 0.3) is 0 Å². The fraction of sp³-hybridized carbons (Fsp3) is 0.500. The van der Waals surface area contributed by atoms with Crippen LogP contribution in [-0.4, -0.2) is 56.6 Å². The number of rotatable bonds is 2. The predicted octanol–water partition coefficient (Wildman–Crippen LogP) is 0.655. The normalized spacial score (nSPS) is 23.8. The number of β-amino-alcohol motifs (C(OH)–C–C–N with tert-alkyl or cyclic N) is 1. The number of aromatic nitrogens is 2. The quantitative estimate of drug-likeness (QED) is 0.731. The third-order valence-electron chi connectivity index (χ3n) is 2.68. The summed E-state index contributed by atoms with van der Waals surface area (Å²) in [7, 11) is 0. The second-order valence-electron chi connectivity index (χ2n) is 4.16. The van der Waals surface area contributed by atoms with Crippen LogP contribution in [0.3, 0.4) is 0 Å². The zero-order chi connectivity index (χ0) is 13.1. The van der Waals surface area contributed by atoms with E-state index in [1.807, 2.05) is 0 Å². The number of likely N-dealkylation sites (tertiary alicyclic amines) is 1. The average Bonchev–Trinajstić information content (AvgIpc) is 2.31. The molecule has 7 nitrogen and oxygen atoms in total. The van der Waals surface area contributed by atoms with Gasteiger partial charge in [0.1, 0.15) is 5.82 Å². The van der Waals surface area contributed by atoms with Gasteiger partial charge in [-0.05, 0) is 18.6 Å². The summed E-state index contributed by atoms with van der Waals surface area (Å²) in [6.07, 6.45) is -1.25. The van der Waals surface area contributed by atoms with Gasteiger partial charge in [-0.25, -0.2) is 4.79 Å². The van der Waals surface area contributed by atoms with E-state index in [0.29, 0.717) is 18.8 Å². The van der Waals surface area contributed by atoms with Gasteiger partial charge >= 0.3 is 6.09 Å². The minimum atomic E-state index is -1.04. The van der Waals surface area contributed by atoms with E-state index in [1.54, 1.807) is 12.1 Å². The van der Waals surface area contributed by atoms with Crippen molar-refractivity contribution in [3.05, 3.63) is 17.3 Å². The zero-order valence-electron chi connectivity index (χ0n) is 9.45. The van der Waals surface area contributed by atoms with E-state index >= 15 is 0 Å². The van der Waals surface area contributed by atoms with E-state index in [9.17, 15) is 9.90 Å². The maximum Gasteiger partial charge on any atom is 0.407 e. The minimum Gasteiger partial charge on any atom is -0.465 e. The number of carbonyl (C=O) groups is 1. The first-order chi connectivity index (χ1) is 8.54. The van der Waals surface area contributed by atoms with Gasteiger partial charge in [0, 0.05) is 12.6 Å². The Kier molecular flexibility index (Phi) is 3.83. The largest absolute Gasteiger partial charge is 0.465 e. The molecule has 1 saturated heterocycles. The molecule has 8 heteroatoms. The first-order valence-electron chi connectivity index (χ1n) is 5.46. The Bertz CT molecular complexity index is 428. The molecule has 1 aliphatic heterocycles. The number of hydrogen-bond acceptors (Lipinski definition) is 5. The van der Waals surface area contributed by atoms with Crippen LogP contribution in [-0.2, 0) is 0 Å². The fourth-order valence-electron chi connectivity index (χ4n) is 1.94. The first-order valence-corrected chi connectivity index (χ1v) is 5.84. The number of hydrogen-bond donors (Lipinski definition) is 3.